The Hall–Kier alpha value is -2.76. The molecule has 0 amide bonds. The SMILES string of the molecule is CN(C)CCn1nc(-c2ccncc2)c(-c2ccc(S(N)(=O)=O)cc2)c1C(F)(F)F. The van der Waals surface area contributed by atoms with Crippen LogP contribution in [-0.2, 0) is 22.7 Å². The van der Waals surface area contributed by atoms with Crippen molar-refractivity contribution < 1.29 is 21.6 Å². The molecule has 0 bridgehead atoms. The summed E-state index contributed by atoms with van der Waals surface area (Å²) in [7, 11) is -0.458. The number of likely N-dealkylation sites (N-methyl/N-ethyl adjacent to an activating group) is 1. The number of aromatic nitrogens is 3. The molecule has 0 saturated carbocycles. The number of rotatable bonds is 6. The molecular weight excluding hydrogens is 419 g/mol. The molecule has 0 unspecified atom stereocenters. The van der Waals surface area contributed by atoms with Gasteiger partial charge in [0.2, 0.25) is 10.0 Å². The van der Waals surface area contributed by atoms with Crippen LogP contribution in [0, 0.1) is 0 Å². The number of hydrogen-bond donors (Lipinski definition) is 1. The molecule has 0 saturated heterocycles. The lowest BCUT2D eigenvalue weighted by Crippen LogP contribution is -2.23. The molecule has 30 heavy (non-hydrogen) atoms. The van der Waals surface area contributed by atoms with Crippen molar-refractivity contribution in [3.8, 4) is 22.4 Å². The summed E-state index contributed by atoms with van der Waals surface area (Å²) < 4.78 is 66.3. The number of pyridine rings is 1. The van der Waals surface area contributed by atoms with Crippen molar-refractivity contribution in [2.75, 3.05) is 20.6 Å². The molecule has 0 spiro atoms. The van der Waals surface area contributed by atoms with Crippen LogP contribution >= 0.6 is 0 Å². The summed E-state index contributed by atoms with van der Waals surface area (Å²) in [5.41, 5.74) is -0.262. The van der Waals surface area contributed by atoms with E-state index < -0.39 is 21.9 Å². The highest BCUT2D eigenvalue weighted by Gasteiger charge is 2.40. The molecule has 0 fully saturated rings. The molecule has 0 aliphatic carbocycles. The minimum atomic E-state index is -4.68. The first-order valence-corrected chi connectivity index (χ1v) is 10.4. The van der Waals surface area contributed by atoms with E-state index in [1.54, 1.807) is 31.1 Å². The van der Waals surface area contributed by atoms with Crippen LogP contribution in [0.3, 0.4) is 0 Å². The second-order valence-electron chi connectivity index (χ2n) is 6.90. The summed E-state index contributed by atoms with van der Waals surface area (Å²) in [4.78, 5) is 5.47. The normalized spacial score (nSPS) is 12.5. The Kier molecular flexibility index (Phi) is 5.97. The van der Waals surface area contributed by atoms with E-state index in [0.717, 1.165) is 4.68 Å². The predicted octanol–water partition coefficient (Wildman–Crippen LogP) is 2.84. The second kappa shape index (κ2) is 8.17. The van der Waals surface area contributed by atoms with Gasteiger partial charge in [-0.15, -0.1) is 0 Å². The molecule has 2 aromatic heterocycles. The summed E-state index contributed by atoms with van der Waals surface area (Å²) in [5.74, 6) is 0. The van der Waals surface area contributed by atoms with Crippen LogP contribution in [0.1, 0.15) is 5.69 Å². The third kappa shape index (κ3) is 4.69. The van der Waals surface area contributed by atoms with Gasteiger partial charge in [0, 0.05) is 30.1 Å². The molecule has 3 rings (SSSR count). The maximum absolute atomic E-state index is 14.1. The van der Waals surface area contributed by atoms with Gasteiger partial charge in [-0.2, -0.15) is 18.3 Å². The van der Waals surface area contributed by atoms with Gasteiger partial charge >= 0.3 is 6.18 Å². The van der Waals surface area contributed by atoms with E-state index in [0.29, 0.717) is 12.1 Å². The van der Waals surface area contributed by atoms with Crippen molar-refractivity contribution in [3.63, 3.8) is 0 Å². The Morgan fingerprint density at radius 2 is 1.63 bits per heavy atom. The van der Waals surface area contributed by atoms with Gasteiger partial charge in [0.1, 0.15) is 5.69 Å². The molecule has 3 aromatic rings. The molecule has 2 heterocycles. The van der Waals surface area contributed by atoms with E-state index >= 15 is 0 Å². The summed E-state index contributed by atoms with van der Waals surface area (Å²) >= 11 is 0. The number of sulfonamides is 1. The van der Waals surface area contributed by atoms with E-state index in [1.165, 1.54) is 36.7 Å². The average Bonchev–Trinajstić information content (AvgIpc) is 3.06. The van der Waals surface area contributed by atoms with Crippen LogP contribution in [0.15, 0.2) is 53.7 Å². The van der Waals surface area contributed by atoms with Gasteiger partial charge in [-0.1, -0.05) is 12.1 Å². The quantitative estimate of drug-likeness (QED) is 0.638. The fourth-order valence-corrected chi connectivity index (χ4v) is 3.52. The summed E-state index contributed by atoms with van der Waals surface area (Å²) in [6.45, 7) is 0.375. The van der Waals surface area contributed by atoms with Gasteiger partial charge in [-0.3, -0.25) is 9.67 Å². The highest BCUT2D eigenvalue weighted by Crippen LogP contribution is 2.42. The highest BCUT2D eigenvalue weighted by molar-refractivity contribution is 7.89. The largest absolute Gasteiger partial charge is 0.433 e. The topological polar surface area (TPSA) is 94.1 Å². The van der Waals surface area contributed by atoms with Gasteiger partial charge in [0.15, 0.2) is 5.69 Å². The minimum Gasteiger partial charge on any atom is -0.308 e. The maximum Gasteiger partial charge on any atom is 0.433 e. The van der Waals surface area contributed by atoms with Gasteiger partial charge in [-0.25, -0.2) is 13.6 Å². The van der Waals surface area contributed by atoms with E-state index in [4.69, 9.17) is 5.14 Å². The van der Waals surface area contributed by atoms with Crippen LogP contribution in [0.25, 0.3) is 22.4 Å². The minimum absolute atomic E-state index is 0.0230. The summed E-state index contributed by atoms with van der Waals surface area (Å²) in [6.07, 6.45) is -1.75. The molecule has 11 heteroatoms. The molecule has 160 valence electrons. The summed E-state index contributed by atoms with van der Waals surface area (Å²) in [6, 6.07) is 8.10. The summed E-state index contributed by atoms with van der Waals surface area (Å²) in [5, 5.41) is 9.37. The first-order valence-electron chi connectivity index (χ1n) is 8.85. The Morgan fingerprint density at radius 3 is 2.13 bits per heavy atom. The molecule has 0 aliphatic heterocycles. The zero-order valence-corrected chi connectivity index (χ0v) is 17.1. The van der Waals surface area contributed by atoms with Crippen LogP contribution in [0.2, 0.25) is 0 Å². The third-order valence-electron chi connectivity index (χ3n) is 4.41. The van der Waals surface area contributed by atoms with Crippen molar-refractivity contribution >= 4 is 10.0 Å². The standard InChI is InChI=1S/C19H20F3N5O2S/c1-26(2)11-12-27-18(19(20,21)22)16(17(25-27)14-7-9-24-10-8-14)13-3-5-15(6-4-13)30(23,28)29/h3-10H,11-12H2,1-2H3,(H2,23,28,29). The zero-order chi connectivity index (χ0) is 22.1. The van der Waals surface area contributed by atoms with Gasteiger partial charge in [0.05, 0.1) is 11.4 Å². The van der Waals surface area contributed by atoms with Crippen LogP contribution in [0.5, 0.6) is 0 Å². The fourth-order valence-electron chi connectivity index (χ4n) is 3.00. The third-order valence-corrected chi connectivity index (χ3v) is 5.33. The second-order valence-corrected chi connectivity index (χ2v) is 8.46. The maximum atomic E-state index is 14.1. The molecule has 0 aliphatic rings. The lowest BCUT2D eigenvalue weighted by Gasteiger charge is -2.15. The number of nitrogens with two attached hydrogens (primary N) is 1. The number of alkyl halides is 3. The Morgan fingerprint density at radius 1 is 1.03 bits per heavy atom. The van der Waals surface area contributed by atoms with Crippen molar-refractivity contribution in [2.45, 2.75) is 17.6 Å². The van der Waals surface area contributed by atoms with E-state index in [2.05, 4.69) is 10.1 Å². The molecule has 0 atom stereocenters. The van der Waals surface area contributed by atoms with Crippen molar-refractivity contribution in [3.05, 3.63) is 54.5 Å². The number of hydrogen-bond acceptors (Lipinski definition) is 5. The predicted molar refractivity (Wildman–Crippen MR) is 106 cm³/mol. The monoisotopic (exact) mass is 439 g/mol. The first kappa shape index (κ1) is 21.9. The van der Waals surface area contributed by atoms with Crippen molar-refractivity contribution in [1.82, 2.24) is 19.7 Å². The molecule has 2 N–H and O–H groups in total. The smallest absolute Gasteiger partial charge is 0.308 e. The van der Waals surface area contributed by atoms with E-state index in [9.17, 15) is 21.6 Å². The van der Waals surface area contributed by atoms with E-state index in [-0.39, 0.29) is 28.3 Å². The number of benzene rings is 1. The number of nitrogens with zero attached hydrogens (tertiary/aromatic N) is 4. The molecule has 7 nitrogen and oxygen atoms in total. The number of primary sulfonamides is 1. The Bertz CT molecular complexity index is 1130. The fraction of sp³-hybridized carbons (Fsp3) is 0.263. The molecular formula is C19H20F3N5O2S. The van der Waals surface area contributed by atoms with Crippen molar-refractivity contribution in [1.29, 1.82) is 0 Å². The van der Waals surface area contributed by atoms with Crippen LogP contribution in [-0.4, -0.2) is 48.7 Å². The molecule has 0 radical (unpaired) electrons. The Labute approximate surface area is 172 Å². The first-order chi connectivity index (χ1) is 14.0. The van der Waals surface area contributed by atoms with Crippen LogP contribution < -0.4 is 5.14 Å². The van der Waals surface area contributed by atoms with Crippen LogP contribution in [0.4, 0.5) is 13.2 Å². The lowest BCUT2D eigenvalue weighted by atomic mass is 9.99. The number of halogens is 3. The lowest BCUT2D eigenvalue weighted by molar-refractivity contribution is -0.143. The molecule has 1 aromatic carbocycles. The van der Waals surface area contributed by atoms with Gasteiger partial charge < -0.3 is 4.90 Å². The Balaban J connectivity index is 2.27. The van der Waals surface area contributed by atoms with Crippen molar-refractivity contribution in [2.24, 2.45) is 5.14 Å². The highest BCUT2D eigenvalue weighted by atomic mass is 32.2. The van der Waals surface area contributed by atoms with Gasteiger partial charge in [-0.05, 0) is 43.9 Å². The average molecular weight is 439 g/mol. The zero-order valence-electron chi connectivity index (χ0n) is 16.3. The van der Waals surface area contributed by atoms with Gasteiger partial charge in [0.25, 0.3) is 0 Å². The van der Waals surface area contributed by atoms with E-state index in [1.807, 2.05) is 0 Å².